The first-order valence-corrected chi connectivity index (χ1v) is 12.0. The Balaban J connectivity index is 1.42. The Morgan fingerprint density at radius 1 is 1.19 bits per heavy atom. The van der Waals surface area contributed by atoms with E-state index in [1.165, 1.54) is 22.8 Å². The first kappa shape index (κ1) is 23.9. The van der Waals surface area contributed by atoms with Crippen molar-refractivity contribution >= 4 is 27.5 Å². The summed E-state index contributed by atoms with van der Waals surface area (Å²) >= 11 is 0. The van der Waals surface area contributed by atoms with Gasteiger partial charge in [-0.2, -0.15) is 0 Å². The predicted octanol–water partition coefficient (Wildman–Crippen LogP) is 1.49. The van der Waals surface area contributed by atoms with Crippen molar-refractivity contribution in [3.8, 4) is 5.75 Å². The Labute approximate surface area is 201 Å². The van der Waals surface area contributed by atoms with Crippen LogP contribution in [0.2, 0.25) is 0 Å². The van der Waals surface area contributed by atoms with Gasteiger partial charge in [-0.05, 0) is 0 Å². The molecule has 2 N–H and O–H groups in total. The molecule has 2 aliphatic heterocycles. The fourth-order valence-corrected chi connectivity index (χ4v) is 5.75. The molecule has 2 aromatic heterocycles. The van der Waals surface area contributed by atoms with Gasteiger partial charge in [0.1, 0.15) is 11.2 Å². The van der Waals surface area contributed by atoms with Gasteiger partial charge in [0.15, 0.2) is 41.0 Å². The molecule has 2 amide bonds. The molecule has 1 saturated heterocycles. The second kappa shape index (κ2) is 8.67. The largest absolute Gasteiger partial charge is 0.489 e. The van der Waals surface area contributed by atoms with Crippen molar-refractivity contribution in [2.24, 2.45) is 13.0 Å². The molecule has 2 atom stereocenters. The molecule has 1 aromatic carbocycles. The predicted molar refractivity (Wildman–Crippen MR) is 115 cm³/mol. The topological polar surface area (TPSA) is 136 Å². The molecule has 0 aliphatic carbocycles. The zero-order valence-electron chi connectivity index (χ0n) is 18.5. The summed E-state index contributed by atoms with van der Waals surface area (Å²) in [5.74, 6) is -6.82. The fraction of sp³-hybridized carbons (Fsp3) is 0.286. The third-order valence-electron chi connectivity index (χ3n) is 5.98. The number of aryl methyl sites for hydroxylation is 1. The molecule has 36 heavy (non-hydrogen) atoms. The average molecular weight is 525 g/mol. The third kappa shape index (κ3) is 4.09. The van der Waals surface area contributed by atoms with Crippen molar-refractivity contribution < 1.29 is 40.3 Å². The lowest BCUT2D eigenvalue weighted by molar-refractivity contribution is 0.0776. The summed E-state index contributed by atoms with van der Waals surface area (Å²) in [6, 6.07) is 0.513. The molecule has 0 unspecified atom stereocenters. The number of anilines is 1. The van der Waals surface area contributed by atoms with Gasteiger partial charge in [-0.1, -0.05) is 0 Å². The standard InChI is InChI=1S/C21H18F3N5O6S/c1-28-6-16-19(18(28)20(30)26-11-2-12(22)17(24)13(23)3-11)35-7-10-4-29(5-14(10)27-36(16,32)33)21(31)15-8-34-9-25-15/h2-3,6,8-10,14,27H,4-5,7H2,1H3,(H,26,30)/t10-,14-/m0/s1. The molecule has 0 spiro atoms. The van der Waals surface area contributed by atoms with E-state index in [9.17, 15) is 31.2 Å². The summed E-state index contributed by atoms with van der Waals surface area (Å²) < 4.78 is 81.1. The number of rotatable bonds is 3. The molecule has 3 aromatic rings. The highest BCUT2D eigenvalue weighted by molar-refractivity contribution is 7.89. The van der Waals surface area contributed by atoms with E-state index in [4.69, 9.17) is 9.15 Å². The number of carbonyl (C=O) groups is 2. The minimum Gasteiger partial charge on any atom is -0.489 e. The van der Waals surface area contributed by atoms with E-state index >= 15 is 0 Å². The second-order valence-corrected chi connectivity index (χ2v) is 10.1. The minimum absolute atomic E-state index is 0.0487. The van der Waals surface area contributed by atoms with Gasteiger partial charge in [0.25, 0.3) is 11.8 Å². The number of hydrogen-bond acceptors (Lipinski definition) is 7. The lowest BCUT2D eigenvalue weighted by Gasteiger charge is -2.23. The van der Waals surface area contributed by atoms with Crippen LogP contribution in [0.1, 0.15) is 21.0 Å². The maximum atomic E-state index is 13.6. The molecule has 15 heteroatoms. The van der Waals surface area contributed by atoms with Gasteiger partial charge in [0.2, 0.25) is 10.0 Å². The van der Waals surface area contributed by atoms with Gasteiger partial charge in [0, 0.05) is 56.1 Å². The summed E-state index contributed by atoms with van der Waals surface area (Å²) in [5, 5.41) is 2.22. The van der Waals surface area contributed by atoms with Crippen LogP contribution in [-0.2, 0) is 17.1 Å². The van der Waals surface area contributed by atoms with E-state index in [0.29, 0.717) is 12.1 Å². The van der Waals surface area contributed by atoms with E-state index in [2.05, 4.69) is 15.0 Å². The third-order valence-corrected chi connectivity index (χ3v) is 7.46. The lowest BCUT2D eigenvalue weighted by Crippen LogP contribution is -2.43. The quantitative estimate of drug-likeness (QED) is 0.495. The number of sulfonamides is 1. The molecule has 0 saturated carbocycles. The smallest absolute Gasteiger partial charge is 0.276 e. The monoisotopic (exact) mass is 525 g/mol. The Morgan fingerprint density at radius 3 is 2.58 bits per heavy atom. The molecule has 5 rings (SSSR count). The molecule has 11 nitrogen and oxygen atoms in total. The number of fused-ring (bicyclic) bond motifs is 2. The van der Waals surface area contributed by atoms with Crippen molar-refractivity contribution in [1.82, 2.24) is 19.2 Å². The van der Waals surface area contributed by atoms with E-state index < -0.39 is 51.2 Å². The van der Waals surface area contributed by atoms with Crippen molar-refractivity contribution in [2.45, 2.75) is 10.9 Å². The number of likely N-dealkylation sites (tertiary alicyclic amines) is 1. The fourth-order valence-electron chi connectivity index (χ4n) is 4.26. The van der Waals surface area contributed by atoms with Crippen molar-refractivity contribution in [3.05, 3.63) is 59.8 Å². The number of oxazole rings is 1. The average Bonchev–Trinajstić information content (AvgIpc) is 3.54. The summed E-state index contributed by atoms with van der Waals surface area (Å²) in [6.07, 6.45) is 3.45. The number of aromatic nitrogens is 2. The number of amides is 2. The molecule has 0 bridgehead atoms. The molecule has 2 aliphatic rings. The molecule has 0 radical (unpaired) electrons. The van der Waals surface area contributed by atoms with E-state index in [-0.39, 0.29) is 47.4 Å². The van der Waals surface area contributed by atoms with E-state index in [0.717, 1.165) is 12.6 Å². The van der Waals surface area contributed by atoms with Crippen LogP contribution in [0.25, 0.3) is 0 Å². The van der Waals surface area contributed by atoms with Gasteiger partial charge in [-0.3, -0.25) is 9.59 Å². The Morgan fingerprint density at radius 2 is 1.92 bits per heavy atom. The number of halogens is 3. The minimum atomic E-state index is -4.20. The normalized spacial score (nSPS) is 20.6. The highest BCUT2D eigenvalue weighted by Gasteiger charge is 2.42. The van der Waals surface area contributed by atoms with Crippen molar-refractivity contribution in [3.63, 3.8) is 0 Å². The first-order valence-electron chi connectivity index (χ1n) is 10.5. The van der Waals surface area contributed by atoms with Crippen LogP contribution in [-0.4, -0.2) is 60.4 Å². The number of hydrogen-bond donors (Lipinski definition) is 2. The SMILES string of the molecule is Cn1cc2c(c1C(=O)Nc1cc(F)c(F)c(F)c1)OC[C@@H]1CN(C(=O)c3cocn3)C[C@@H]1NS2(=O)=O. The van der Waals surface area contributed by atoms with Gasteiger partial charge < -0.3 is 23.9 Å². The zero-order valence-corrected chi connectivity index (χ0v) is 19.3. The highest BCUT2D eigenvalue weighted by Crippen LogP contribution is 2.35. The van der Waals surface area contributed by atoms with E-state index in [1.54, 1.807) is 0 Å². The summed E-state index contributed by atoms with van der Waals surface area (Å²) in [7, 11) is -2.81. The maximum Gasteiger partial charge on any atom is 0.276 e. The van der Waals surface area contributed by atoms with Gasteiger partial charge >= 0.3 is 0 Å². The molecule has 190 valence electrons. The van der Waals surface area contributed by atoms with E-state index in [1.807, 2.05) is 0 Å². The molecular formula is C21H18F3N5O6S. The van der Waals surface area contributed by atoms with Gasteiger partial charge in [-0.15, -0.1) is 0 Å². The van der Waals surface area contributed by atoms with Crippen molar-refractivity contribution in [1.29, 1.82) is 0 Å². The van der Waals surface area contributed by atoms with Crippen LogP contribution < -0.4 is 14.8 Å². The van der Waals surface area contributed by atoms with Crippen LogP contribution in [0.3, 0.4) is 0 Å². The zero-order chi connectivity index (χ0) is 25.8. The maximum absolute atomic E-state index is 13.6. The highest BCUT2D eigenvalue weighted by atomic mass is 32.2. The summed E-state index contributed by atoms with van der Waals surface area (Å²) in [4.78, 5) is 30.5. The van der Waals surface area contributed by atoms with Crippen LogP contribution in [0.5, 0.6) is 5.75 Å². The van der Waals surface area contributed by atoms with Crippen LogP contribution in [0, 0.1) is 23.4 Å². The Bertz CT molecular complexity index is 1450. The number of ether oxygens (including phenoxy) is 1. The summed E-state index contributed by atoms with van der Waals surface area (Å²) in [5.41, 5.74) is -0.548. The first-order chi connectivity index (χ1) is 17.0. The number of nitrogens with zero attached hydrogens (tertiary/aromatic N) is 3. The number of nitrogens with one attached hydrogen (secondary N) is 2. The lowest BCUT2D eigenvalue weighted by atomic mass is 10.1. The Hall–Kier alpha value is -3.85. The number of carbonyl (C=O) groups excluding carboxylic acids is 2. The Kier molecular flexibility index (Phi) is 5.75. The van der Waals surface area contributed by atoms with Crippen molar-refractivity contribution in [2.75, 3.05) is 25.0 Å². The van der Waals surface area contributed by atoms with Gasteiger partial charge in [0.05, 0.1) is 6.61 Å². The molecular weight excluding hydrogens is 507 g/mol. The van der Waals surface area contributed by atoms with Crippen LogP contribution in [0.15, 0.2) is 40.3 Å². The molecule has 4 heterocycles. The summed E-state index contributed by atoms with van der Waals surface area (Å²) in [6.45, 7) is 0.166. The second-order valence-electron chi connectivity index (χ2n) is 8.37. The van der Waals surface area contributed by atoms with Gasteiger partial charge in [-0.25, -0.2) is 31.3 Å². The van der Waals surface area contributed by atoms with Crippen LogP contribution in [0.4, 0.5) is 18.9 Å². The number of benzene rings is 1. The van der Waals surface area contributed by atoms with Crippen LogP contribution >= 0.6 is 0 Å². The molecule has 1 fully saturated rings.